The van der Waals surface area contributed by atoms with Crippen molar-refractivity contribution in [3.8, 4) is 0 Å². The van der Waals surface area contributed by atoms with Crippen molar-refractivity contribution in [2.24, 2.45) is 0 Å². The molecule has 0 aromatic rings. The lowest BCUT2D eigenvalue weighted by molar-refractivity contribution is -0.229. The number of rotatable bonds is 1. The molecular formula is C5H8F2O2. The van der Waals surface area contributed by atoms with Crippen LogP contribution in [0.25, 0.3) is 0 Å². The summed E-state index contributed by atoms with van der Waals surface area (Å²) in [6.07, 6.45) is -3.66. The molecule has 0 amide bonds. The first-order chi connectivity index (χ1) is 4.14. The highest BCUT2D eigenvalue weighted by atomic mass is 19.3. The maximum Gasteiger partial charge on any atom is 0.356 e. The van der Waals surface area contributed by atoms with E-state index in [2.05, 4.69) is 4.74 Å². The fourth-order valence-corrected chi connectivity index (χ4v) is 0.819. The highest BCUT2D eigenvalue weighted by Gasteiger charge is 2.40. The summed E-state index contributed by atoms with van der Waals surface area (Å²) in [7, 11) is 0. The second-order valence-electron chi connectivity index (χ2n) is 2.10. The van der Waals surface area contributed by atoms with Gasteiger partial charge in [-0.1, -0.05) is 0 Å². The number of aliphatic hydroxyl groups excluding tert-OH is 1. The smallest absolute Gasteiger partial charge is 0.356 e. The molecule has 9 heavy (non-hydrogen) atoms. The van der Waals surface area contributed by atoms with Gasteiger partial charge in [0.15, 0.2) is 0 Å². The Kier molecular flexibility index (Phi) is 1.68. The van der Waals surface area contributed by atoms with E-state index in [9.17, 15) is 8.78 Å². The molecular weight excluding hydrogens is 130 g/mol. The van der Waals surface area contributed by atoms with Gasteiger partial charge in [0.25, 0.3) is 0 Å². The maximum atomic E-state index is 12.0. The highest BCUT2D eigenvalue weighted by Crippen LogP contribution is 2.32. The van der Waals surface area contributed by atoms with Crippen LogP contribution in [0.5, 0.6) is 0 Å². The maximum absolute atomic E-state index is 12.0. The van der Waals surface area contributed by atoms with Crippen molar-refractivity contribution < 1.29 is 18.6 Å². The van der Waals surface area contributed by atoms with Crippen molar-refractivity contribution in [2.45, 2.75) is 25.1 Å². The molecule has 1 heterocycles. The van der Waals surface area contributed by atoms with E-state index in [1.165, 1.54) is 0 Å². The van der Waals surface area contributed by atoms with Crippen LogP contribution >= 0.6 is 0 Å². The van der Waals surface area contributed by atoms with Crippen LogP contribution in [0, 0.1) is 0 Å². The van der Waals surface area contributed by atoms with Crippen LogP contribution in [0.15, 0.2) is 0 Å². The first kappa shape index (κ1) is 6.89. The van der Waals surface area contributed by atoms with E-state index in [-0.39, 0.29) is 19.4 Å². The molecule has 2 nitrogen and oxygen atoms in total. The fourth-order valence-electron chi connectivity index (χ4n) is 0.819. The van der Waals surface area contributed by atoms with E-state index in [1.807, 2.05) is 0 Å². The van der Waals surface area contributed by atoms with Crippen molar-refractivity contribution in [2.75, 3.05) is 6.61 Å². The average Bonchev–Trinajstić information content (AvgIpc) is 2.10. The number of ether oxygens (including phenoxy) is 1. The van der Waals surface area contributed by atoms with Crippen LogP contribution in [0.1, 0.15) is 12.8 Å². The molecule has 1 fully saturated rings. The monoisotopic (exact) mass is 138 g/mol. The summed E-state index contributed by atoms with van der Waals surface area (Å²) in [6, 6.07) is 0. The Balaban J connectivity index is 2.38. The normalized spacial score (nSPS) is 33.0. The van der Waals surface area contributed by atoms with E-state index in [1.54, 1.807) is 0 Å². The van der Waals surface area contributed by atoms with Crippen LogP contribution in [-0.2, 0) is 4.74 Å². The van der Waals surface area contributed by atoms with Gasteiger partial charge in [-0.3, -0.25) is 0 Å². The van der Waals surface area contributed by atoms with E-state index < -0.39 is 12.2 Å². The van der Waals surface area contributed by atoms with Crippen molar-refractivity contribution in [3.63, 3.8) is 0 Å². The summed E-state index contributed by atoms with van der Waals surface area (Å²) in [5, 5.41) is 8.34. The molecule has 1 rings (SSSR count). The molecule has 0 spiro atoms. The predicted octanol–water partition coefficient (Wildman–Crippen LogP) is 0.750. The van der Waals surface area contributed by atoms with Gasteiger partial charge in [-0.05, 0) is 6.42 Å². The van der Waals surface area contributed by atoms with Crippen LogP contribution in [0.2, 0.25) is 0 Å². The second-order valence-corrected chi connectivity index (χ2v) is 2.10. The molecule has 0 aromatic carbocycles. The molecule has 0 saturated carbocycles. The van der Waals surface area contributed by atoms with Gasteiger partial charge in [-0.2, -0.15) is 8.78 Å². The van der Waals surface area contributed by atoms with Gasteiger partial charge in [0.1, 0.15) is 0 Å². The van der Waals surface area contributed by atoms with Crippen molar-refractivity contribution in [3.05, 3.63) is 0 Å². The summed E-state index contributed by atoms with van der Waals surface area (Å²) in [5.41, 5.74) is 0. The molecule has 1 N–H and O–H groups in total. The van der Waals surface area contributed by atoms with Crippen LogP contribution in [0.3, 0.4) is 0 Å². The number of halogens is 2. The molecule has 4 heteroatoms. The Hall–Kier alpha value is -0.220. The zero-order valence-corrected chi connectivity index (χ0v) is 4.81. The first-order valence-corrected chi connectivity index (χ1v) is 2.80. The second kappa shape index (κ2) is 2.19. The summed E-state index contributed by atoms with van der Waals surface area (Å²) < 4.78 is 28.2. The summed E-state index contributed by atoms with van der Waals surface area (Å²) >= 11 is 0. The van der Waals surface area contributed by atoms with E-state index in [0.717, 1.165) is 0 Å². The third-order valence-electron chi connectivity index (χ3n) is 1.30. The molecule has 54 valence electrons. The molecule has 1 aliphatic rings. The summed E-state index contributed by atoms with van der Waals surface area (Å²) in [6.45, 7) is -0.310. The van der Waals surface area contributed by atoms with Gasteiger partial charge in [0.05, 0.1) is 12.7 Å². The summed E-state index contributed by atoms with van der Waals surface area (Å²) in [5.74, 6) is 0. The molecule has 0 aliphatic carbocycles. The van der Waals surface area contributed by atoms with Crippen LogP contribution < -0.4 is 0 Å². The third kappa shape index (κ3) is 1.59. The molecule has 0 aromatic heterocycles. The molecule has 0 radical (unpaired) electrons. The zero-order chi connectivity index (χ0) is 6.91. The van der Waals surface area contributed by atoms with Gasteiger partial charge in [-0.25, -0.2) is 0 Å². The Labute approximate surface area is 51.4 Å². The molecule has 1 unspecified atom stereocenters. The lowest BCUT2D eigenvalue weighted by Gasteiger charge is -2.08. The van der Waals surface area contributed by atoms with E-state index >= 15 is 0 Å². The Morgan fingerprint density at radius 3 is 2.56 bits per heavy atom. The standard InChI is InChI=1S/C5H8F2O2/c6-5(7)2-1-4(3-8)9-5/h4,8H,1-3H2. The van der Waals surface area contributed by atoms with Gasteiger partial charge in [-0.15, -0.1) is 0 Å². The average molecular weight is 138 g/mol. The minimum atomic E-state index is -2.99. The number of hydrogen-bond acceptors (Lipinski definition) is 2. The van der Waals surface area contributed by atoms with Crippen molar-refractivity contribution in [1.29, 1.82) is 0 Å². The lowest BCUT2D eigenvalue weighted by Crippen LogP contribution is -2.18. The van der Waals surface area contributed by atoms with Crippen LogP contribution in [0.4, 0.5) is 8.78 Å². The minimum absolute atomic E-state index is 0.253. The van der Waals surface area contributed by atoms with Gasteiger partial charge >= 0.3 is 6.11 Å². The predicted molar refractivity (Wildman–Crippen MR) is 26.1 cm³/mol. The molecule has 1 atom stereocenters. The molecule has 1 saturated heterocycles. The van der Waals surface area contributed by atoms with Gasteiger partial charge in [0.2, 0.25) is 0 Å². The zero-order valence-electron chi connectivity index (χ0n) is 4.81. The van der Waals surface area contributed by atoms with Gasteiger partial charge < -0.3 is 9.84 Å². The van der Waals surface area contributed by atoms with Crippen LogP contribution in [-0.4, -0.2) is 23.9 Å². The van der Waals surface area contributed by atoms with Crippen molar-refractivity contribution >= 4 is 0 Å². The third-order valence-corrected chi connectivity index (χ3v) is 1.30. The number of aliphatic hydroxyl groups is 1. The Morgan fingerprint density at radius 1 is 1.67 bits per heavy atom. The highest BCUT2D eigenvalue weighted by molar-refractivity contribution is 4.70. The van der Waals surface area contributed by atoms with Crippen molar-refractivity contribution in [1.82, 2.24) is 0 Å². The van der Waals surface area contributed by atoms with E-state index in [0.29, 0.717) is 0 Å². The SMILES string of the molecule is OCC1CCC(F)(F)O1. The largest absolute Gasteiger partial charge is 0.394 e. The first-order valence-electron chi connectivity index (χ1n) is 2.80. The Morgan fingerprint density at radius 2 is 2.33 bits per heavy atom. The lowest BCUT2D eigenvalue weighted by atomic mass is 10.2. The topological polar surface area (TPSA) is 29.5 Å². The summed E-state index contributed by atoms with van der Waals surface area (Å²) in [4.78, 5) is 0. The minimum Gasteiger partial charge on any atom is -0.394 e. The fraction of sp³-hybridized carbons (Fsp3) is 1.00. The quantitative estimate of drug-likeness (QED) is 0.579. The number of hydrogen-bond donors (Lipinski definition) is 1. The molecule has 1 aliphatic heterocycles. The van der Waals surface area contributed by atoms with Gasteiger partial charge in [0, 0.05) is 6.42 Å². The van der Waals surface area contributed by atoms with E-state index in [4.69, 9.17) is 5.11 Å². The molecule has 0 bridgehead atoms. The number of alkyl halides is 2. The Bertz CT molecular complexity index is 105.